The topological polar surface area (TPSA) is 99.1 Å². The van der Waals surface area contributed by atoms with Crippen LogP contribution in [-0.2, 0) is 0 Å². The molecule has 0 radical (unpaired) electrons. The summed E-state index contributed by atoms with van der Waals surface area (Å²) in [6.45, 7) is 5.36. The Kier molecular flexibility index (Phi) is 5.16. The number of aryl methyl sites for hydroxylation is 2. The second kappa shape index (κ2) is 8.20. The molecule has 6 nitrogen and oxygen atoms in total. The van der Waals surface area contributed by atoms with Crippen LogP contribution in [0, 0.1) is 85.3 Å². The Labute approximate surface area is 220 Å². The number of hydrogen-bond acceptors (Lipinski definition) is 6. The number of rotatable bonds is 0. The van der Waals surface area contributed by atoms with E-state index in [9.17, 15) is 10.5 Å². The van der Waals surface area contributed by atoms with Gasteiger partial charge in [0.25, 0.3) is 0 Å². The molecule has 0 aliphatic carbocycles. The Bertz CT molecular complexity index is 2300. The van der Waals surface area contributed by atoms with E-state index in [1.165, 1.54) is 39.8 Å². The molecular formula is C28H12F6N6. The van der Waals surface area contributed by atoms with Crippen LogP contribution in [0.1, 0.15) is 33.9 Å². The molecular weight excluding hydrogens is 534 g/mol. The second-order valence-electron chi connectivity index (χ2n) is 9.32. The standard InChI is InChI=1S/C28H12F6N6/c1-7-8(2)20(30)14-13(19(7)29)15-17(22(32)26-25(21(15)31)37-9(3)10(4)38-26)18-16(14)23(33)27-28(24(18)34)40-12(6-36)11(5-35)39-27/h1-4H3. The van der Waals surface area contributed by atoms with E-state index in [1.54, 1.807) is 0 Å². The Morgan fingerprint density at radius 2 is 0.675 bits per heavy atom. The summed E-state index contributed by atoms with van der Waals surface area (Å²) in [7, 11) is 0. The van der Waals surface area contributed by atoms with Crippen LogP contribution in [0.5, 0.6) is 0 Å². The summed E-state index contributed by atoms with van der Waals surface area (Å²) in [5, 5.41) is 13.3. The summed E-state index contributed by atoms with van der Waals surface area (Å²) in [6.07, 6.45) is 0. The molecule has 0 bridgehead atoms. The maximum atomic E-state index is 16.3. The van der Waals surface area contributed by atoms with Gasteiger partial charge in [-0.05, 0) is 38.8 Å². The maximum absolute atomic E-state index is 16.3. The Morgan fingerprint density at radius 1 is 0.425 bits per heavy atom. The van der Waals surface area contributed by atoms with Gasteiger partial charge in [0, 0.05) is 32.3 Å². The molecule has 40 heavy (non-hydrogen) atoms. The van der Waals surface area contributed by atoms with Gasteiger partial charge < -0.3 is 0 Å². The van der Waals surface area contributed by atoms with Crippen LogP contribution < -0.4 is 0 Å². The highest BCUT2D eigenvalue weighted by Crippen LogP contribution is 2.46. The van der Waals surface area contributed by atoms with E-state index in [-0.39, 0.29) is 22.5 Å². The average molecular weight is 546 g/mol. The van der Waals surface area contributed by atoms with Crippen molar-refractivity contribution in [3.8, 4) is 12.1 Å². The van der Waals surface area contributed by atoms with Gasteiger partial charge in [0.1, 0.15) is 45.8 Å². The first-order valence-corrected chi connectivity index (χ1v) is 11.6. The molecule has 0 fully saturated rings. The predicted octanol–water partition coefficient (Wildman–Crippen LogP) is 6.84. The fraction of sp³-hybridized carbons (Fsp3) is 0.143. The molecule has 0 N–H and O–H groups in total. The number of benzene rings is 4. The Balaban J connectivity index is 2.12. The average Bonchev–Trinajstić information content (AvgIpc) is 2.95. The SMILES string of the molecule is Cc1nc2c(F)c3c4c(F)c(C)c(C)c(F)c4c4c(F)c5nc(C#N)c(C#N)nc5c(F)c4c3c(F)c2nc1C. The van der Waals surface area contributed by atoms with Crippen molar-refractivity contribution < 1.29 is 26.3 Å². The van der Waals surface area contributed by atoms with Crippen molar-refractivity contribution in [3.05, 3.63) is 68.8 Å². The molecule has 0 amide bonds. The highest BCUT2D eigenvalue weighted by Gasteiger charge is 2.32. The van der Waals surface area contributed by atoms with E-state index < -0.39 is 101 Å². The number of nitriles is 2. The van der Waals surface area contributed by atoms with Gasteiger partial charge in [0.05, 0.1) is 11.4 Å². The van der Waals surface area contributed by atoms with E-state index >= 15 is 26.3 Å². The zero-order valence-electron chi connectivity index (χ0n) is 21.0. The number of hydrogen-bond donors (Lipinski definition) is 0. The number of aromatic nitrogens is 4. The summed E-state index contributed by atoms with van der Waals surface area (Å²) in [5.41, 5.74) is -4.43. The molecule has 0 aliphatic rings. The van der Waals surface area contributed by atoms with Crippen LogP contribution in [0.2, 0.25) is 0 Å². The van der Waals surface area contributed by atoms with E-state index in [0.29, 0.717) is 0 Å². The second-order valence-corrected chi connectivity index (χ2v) is 9.32. The van der Waals surface area contributed by atoms with Crippen LogP contribution in [0.4, 0.5) is 26.3 Å². The third-order valence-electron chi connectivity index (χ3n) is 7.28. The summed E-state index contributed by atoms with van der Waals surface area (Å²) in [5.74, 6) is -8.02. The number of nitrogens with zero attached hydrogens (tertiary/aromatic N) is 6. The highest BCUT2D eigenvalue weighted by atomic mass is 19.1. The van der Waals surface area contributed by atoms with Gasteiger partial charge in [-0.15, -0.1) is 0 Å². The van der Waals surface area contributed by atoms with Crippen LogP contribution in [0.15, 0.2) is 0 Å². The van der Waals surface area contributed by atoms with Crippen molar-refractivity contribution in [2.45, 2.75) is 27.7 Å². The van der Waals surface area contributed by atoms with Gasteiger partial charge in [-0.1, -0.05) is 0 Å². The van der Waals surface area contributed by atoms with E-state index in [0.717, 1.165) is 0 Å². The largest absolute Gasteiger partial charge is 0.246 e. The first-order valence-electron chi connectivity index (χ1n) is 11.6. The lowest BCUT2D eigenvalue weighted by molar-refractivity contribution is 0.599. The van der Waals surface area contributed by atoms with Crippen molar-refractivity contribution in [1.29, 1.82) is 10.5 Å². The quantitative estimate of drug-likeness (QED) is 0.117. The lowest BCUT2D eigenvalue weighted by Crippen LogP contribution is -2.07. The molecule has 0 aliphatic heterocycles. The van der Waals surface area contributed by atoms with Gasteiger partial charge in [-0.2, -0.15) is 10.5 Å². The minimum atomic E-state index is -1.49. The molecule has 4 aromatic carbocycles. The van der Waals surface area contributed by atoms with Gasteiger partial charge in [-0.25, -0.2) is 46.3 Å². The molecule has 12 heteroatoms. The van der Waals surface area contributed by atoms with E-state index in [4.69, 9.17) is 0 Å². The van der Waals surface area contributed by atoms with Gasteiger partial charge in [-0.3, -0.25) is 0 Å². The highest BCUT2D eigenvalue weighted by molar-refractivity contribution is 6.29. The molecule has 0 atom stereocenters. The van der Waals surface area contributed by atoms with Crippen LogP contribution in [-0.4, -0.2) is 19.9 Å². The fourth-order valence-electron chi connectivity index (χ4n) is 5.05. The van der Waals surface area contributed by atoms with Crippen LogP contribution in [0.25, 0.3) is 54.4 Å². The number of fused-ring (bicyclic) bond motifs is 8. The summed E-state index contributed by atoms with van der Waals surface area (Å²) in [4.78, 5) is 15.5. The molecule has 0 spiro atoms. The predicted molar refractivity (Wildman–Crippen MR) is 133 cm³/mol. The molecule has 0 saturated heterocycles. The zero-order chi connectivity index (χ0) is 28.9. The van der Waals surface area contributed by atoms with Crippen molar-refractivity contribution in [2.24, 2.45) is 0 Å². The van der Waals surface area contributed by atoms with Crippen LogP contribution in [0.3, 0.4) is 0 Å². The molecule has 6 rings (SSSR count). The molecule has 6 aromatic rings. The third-order valence-corrected chi connectivity index (χ3v) is 7.28. The van der Waals surface area contributed by atoms with Gasteiger partial charge in [0.2, 0.25) is 0 Å². The fourth-order valence-corrected chi connectivity index (χ4v) is 5.05. The summed E-state index contributed by atoms with van der Waals surface area (Å²) < 4.78 is 96.9. The molecule has 196 valence electrons. The lowest BCUT2D eigenvalue weighted by Gasteiger charge is -2.19. The molecule has 2 heterocycles. The first-order chi connectivity index (χ1) is 18.9. The smallest absolute Gasteiger partial charge is 0.177 e. The molecule has 0 unspecified atom stereocenters. The van der Waals surface area contributed by atoms with Gasteiger partial charge >= 0.3 is 0 Å². The van der Waals surface area contributed by atoms with Crippen molar-refractivity contribution in [3.63, 3.8) is 0 Å². The monoisotopic (exact) mass is 546 g/mol. The van der Waals surface area contributed by atoms with Gasteiger partial charge in [0.15, 0.2) is 34.7 Å². The Hall–Kier alpha value is -5.10. The van der Waals surface area contributed by atoms with E-state index in [2.05, 4.69) is 19.9 Å². The van der Waals surface area contributed by atoms with Crippen molar-refractivity contribution >= 4 is 54.4 Å². The minimum absolute atomic E-state index is 0.213. The van der Waals surface area contributed by atoms with E-state index in [1.807, 2.05) is 0 Å². The minimum Gasteiger partial charge on any atom is -0.246 e. The van der Waals surface area contributed by atoms with Crippen molar-refractivity contribution in [1.82, 2.24) is 19.9 Å². The number of halogens is 6. The third kappa shape index (κ3) is 2.93. The van der Waals surface area contributed by atoms with Crippen molar-refractivity contribution in [2.75, 3.05) is 0 Å². The maximum Gasteiger partial charge on any atom is 0.177 e. The summed E-state index contributed by atoms with van der Waals surface area (Å²) in [6, 6.07) is 3.08. The zero-order valence-corrected chi connectivity index (χ0v) is 21.0. The van der Waals surface area contributed by atoms with Crippen LogP contribution >= 0.6 is 0 Å². The molecule has 0 saturated carbocycles. The Morgan fingerprint density at radius 3 is 0.950 bits per heavy atom. The lowest BCUT2D eigenvalue weighted by atomic mass is 9.88. The molecule has 2 aromatic heterocycles. The first kappa shape index (κ1) is 25.2. The normalized spacial score (nSPS) is 11.7. The summed E-state index contributed by atoms with van der Waals surface area (Å²) >= 11 is 0.